The van der Waals surface area contributed by atoms with Gasteiger partial charge in [0, 0.05) is 25.3 Å². The minimum atomic E-state index is 0.289. The summed E-state index contributed by atoms with van der Waals surface area (Å²) in [5.41, 5.74) is 2.55. The van der Waals surface area contributed by atoms with Crippen LogP contribution < -0.4 is 10.2 Å². The Morgan fingerprint density at radius 2 is 2.19 bits per heavy atom. The molecule has 2 rings (SSSR count). The summed E-state index contributed by atoms with van der Waals surface area (Å²) in [6.07, 6.45) is 3.64. The molecule has 0 bridgehead atoms. The van der Waals surface area contributed by atoms with Crippen molar-refractivity contribution in [1.82, 2.24) is 10.3 Å². The molecule has 0 saturated carbocycles. The van der Waals surface area contributed by atoms with Gasteiger partial charge >= 0.3 is 0 Å². The number of pyridine rings is 1. The van der Waals surface area contributed by atoms with E-state index >= 15 is 0 Å². The number of ether oxygens (including phenoxy) is 1. The Morgan fingerprint density at radius 3 is 2.90 bits per heavy atom. The summed E-state index contributed by atoms with van der Waals surface area (Å²) in [5, 5.41) is 3.49. The van der Waals surface area contributed by atoms with Crippen molar-refractivity contribution in [2.75, 3.05) is 31.1 Å². The molecule has 1 aliphatic rings. The minimum Gasteiger partial charge on any atom is -0.375 e. The van der Waals surface area contributed by atoms with Gasteiger partial charge in [0.15, 0.2) is 0 Å². The van der Waals surface area contributed by atoms with Crippen molar-refractivity contribution < 1.29 is 4.74 Å². The average molecular weight is 291 g/mol. The van der Waals surface area contributed by atoms with E-state index in [-0.39, 0.29) is 6.10 Å². The molecular weight excluding hydrogens is 262 g/mol. The predicted molar refractivity (Wildman–Crippen MR) is 87.9 cm³/mol. The largest absolute Gasteiger partial charge is 0.375 e. The lowest BCUT2D eigenvalue weighted by atomic mass is 10.1. The van der Waals surface area contributed by atoms with Crippen LogP contribution in [0, 0.1) is 0 Å². The molecule has 118 valence electrons. The number of nitrogens with one attached hydrogen (secondary N) is 1. The van der Waals surface area contributed by atoms with Crippen molar-refractivity contribution in [3.05, 3.63) is 23.4 Å². The van der Waals surface area contributed by atoms with Gasteiger partial charge in [0.05, 0.1) is 12.7 Å². The zero-order valence-corrected chi connectivity index (χ0v) is 13.7. The van der Waals surface area contributed by atoms with E-state index in [2.05, 4.69) is 43.1 Å². The fourth-order valence-electron chi connectivity index (χ4n) is 2.72. The fraction of sp³-hybridized carbons (Fsp3) is 0.706. The number of morpholine rings is 1. The Morgan fingerprint density at radius 1 is 1.33 bits per heavy atom. The van der Waals surface area contributed by atoms with Crippen molar-refractivity contribution in [3.63, 3.8) is 0 Å². The lowest BCUT2D eigenvalue weighted by Crippen LogP contribution is -2.41. The van der Waals surface area contributed by atoms with Crippen molar-refractivity contribution in [2.45, 2.75) is 52.7 Å². The molecule has 1 unspecified atom stereocenters. The molecule has 0 amide bonds. The molecule has 4 heteroatoms. The number of anilines is 1. The minimum absolute atomic E-state index is 0.289. The maximum atomic E-state index is 5.64. The summed E-state index contributed by atoms with van der Waals surface area (Å²) in [7, 11) is 0. The summed E-state index contributed by atoms with van der Waals surface area (Å²) in [6.45, 7) is 11.2. The van der Waals surface area contributed by atoms with E-state index in [4.69, 9.17) is 9.72 Å². The smallest absolute Gasteiger partial charge is 0.129 e. The first kappa shape index (κ1) is 16.2. The SMILES string of the molecule is CCCNCc1cc(CCC)nc(N2CCOC(C)C2)c1. The van der Waals surface area contributed by atoms with Crippen LogP contribution in [0.1, 0.15) is 44.9 Å². The normalized spacial score (nSPS) is 19.0. The molecule has 0 aromatic carbocycles. The first-order chi connectivity index (χ1) is 10.2. The van der Waals surface area contributed by atoms with Crippen molar-refractivity contribution in [2.24, 2.45) is 0 Å². The van der Waals surface area contributed by atoms with Gasteiger partial charge in [0.1, 0.15) is 5.82 Å². The van der Waals surface area contributed by atoms with Crippen LogP contribution in [0.25, 0.3) is 0 Å². The van der Waals surface area contributed by atoms with Gasteiger partial charge in [-0.05, 0) is 44.0 Å². The quantitative estimate of drug-likeness (QED) is 0.784. The Balaban J connectivity index is 2.13. The van der Waals surface area contributed by atoms with E-state index in [1.165, 1.54) is 17.7 Å². The highest BCUT2D eigenvalue weighted by molar-refractivity contribution is 5.43. The maximum Gasteiger partial charge on any atom is 0.129 e. The molecule has 21 heavy (non-hydrogen) atoms. The molecule has 1 saturated heterocycles. The molecule has 0 radical (unpaired) electrons. The molecule has 1 atom stereocenters. The van der Waals surface area contributed by atoms with Crippen LogP contribution in [0.4, 0.5) is 5.82 Å². The van der Waals surface area contributed by atoms with E-state index < -0.39 is 0 Å². The first-order valence-electron chi connectivity index (χ1n) is 8.30. The van der Waals surface area contributed by atoms with Gasteiger partial charge in [-0.1, -0.05) is 20.3 Å². The molecule has 1 N–H and O–H groups in total. The van der Waals surface area contributed by atoms with Crippen LogP contribution >= 0.6 is 0 Å². The standard InChI is InChI=1S/C17H29N3O/c1-4-6-16-10-15(12-18-7-5-2)11-17(19-16)20-8-9-21-14(3)13-20/h10-11,14,18H,4-9,12-13H2,1-3H3. The van der Waals surface area contributed by atoms with Crippen LogP contribution in [0.2, 0.25) is 0 Å². The number of nitrogens with zero attached hydrogens (tertiary/aromatic N) is 2. The molecule has 0 aliphatic carbocycles. The van der Waals surface area contributed by atoms with Gasteiger partial charge in [0.25, 0.3) is 0 Å². The molecule has 1 aliphatic heterocycles. The zero-order chi connectivity index (χ0) is 15.1. The highest BCUT2D eigenvalue weighted by Gasteiger charge is 2.18. The second kappa shape index (κ2) is 8.35. The van der Waals surface area contributed by atoms with Crippen LogP contribution in [-0.2, 0) is 17.7 Å². The van der Waals surface area contributed by atoms with Crippen LogP contribution in [0.5, 0.6) is 0 Å². The number of hydrogen-bond donors (Lipinski definition) is 1. The maximum absolute atomic E-state index is 5.64. The molecule has 1 fully saturated rings. The Hall–Kier alpha value is -1.13. The van der Waals surface area contributed by atoms with Gasteiger partial charge in [-0.2, -0.15) is 0 Å². The Bertz CT molecular complexity index is 436. The lowest BCUT2D eigenvalue weighted by Gasteiger charge is -2.32. The van der Waals surface area contributed by atoms with Gasteiger partial charge < -0.3 is 15.0 Å². The first-order valence-corrected chi connectivity index (χ1v) is 8.30. The van der Waals surface area contributed by atoms with E-state index in [0.29, 0.717) is 0 Å². The van der Waals surface area contributed by atoms with Gasteiger partial charge in [-0.25, -0.2) is 4.98 Å². The molecule has 1 aromatic rings. The number of hydrogen-bond acceptors (Lipinski definition) is 4. The Kier molecular flexibility index (Phi) is 6.46. The Labute approximate surface area is 128 Å². The third kappa shape index (κ3) is 4.97. The third-order valence-corrected chi connectivity index (χ3v) is 3.75. The van der Waals surface area contributed by atoms with Crippen LogP contribution in [0.15, 0.2) is 12.1 Å². The van der Waals surface area contributed by atoms with Gasteiger partial charge in [-0.15, -0.1) is 0 Å². The van der Waals surface area contributed by atoms with E-state index in [1.54, 1.807) is 0 Å². The van der Waals surface area contributed by atoms with Gasteiger partial charge in [0.2, 0.25) is 0 Å². The molecular formula is C17H29N3O. The third-order valence-electron chi connectivity index (χ3n) is 3.75. The predicted octanol–water partition coefficient (Wildman–Crippen LogP) is 2.76. The lowest BCUT2D eigenvalue weighted by molar-refractivity contribution is 0.0529. The van der Waals surface area contributed by atoms with Crippen LogP contribution in [0.3, 0.4) is 0 Å². The number of rotatable bonds is 7. The van der Waals surface area contributed by atoms with Crippen molar-refractivity contribution >= 4 is 5.82 Å². The molecule has 0 spiro atoms. The van der Waals surface area contributed by atoms with E-state index in [0.717, 1.165) is 51.4 Å². The monoisotopic (exact) mass is 291 g/mol. The molecule has 2 heterocycles. The van der Waals surface area contributed by atoms with Crippen LogP contribution in [-0.4, -0.2) is 37.3 Å². The fourth-order valence-corrected chi connectivity index (χ4v) is 2.72. The van der Waals surface area contributed by atoms with Crippen molar-refractivity contribution in [1.29, 1.82) is 0 Å². The summed E-state index contributed by atoms with van der Waals surface area (Å²) in [5.74, 6) is 1.12. The second-order valence-electron chi connectivity index (χ2n) is 5.88. The highest BCUT2D eigenvalue weighted by atomic mass is 16.5. The summed E-state index contributed by atoms with van der Waals surface area (Å²) in [4.78, 5) is 7.21. The summed E-state index contributed by atoms with van der Waals surface area (Å²) in [6, 6.07) is 4.49. The van der Waals surface area contributed by atoms with Crippen molar-refractivity contribution in [3.8, 4) is 0 Å². The molecule has 1 aromatic heterocycles. The second-order valence-corrected chi connectivity index (χ2v) is 5.88. The summed E-state index contributed by atoms with van der Waals surface area (Å²) >= 11 is 0. The van der Waals surface area contributed by atoms with E-state index in [1.807, 2.05) is 0 Å². The number of aromatic nitrogens is 1. The summed E-state index contributed by atoms with van der Waals surface area (Å²) < 4.78 is 5.64. The average Bonchev–Trinajstić information content (AvgIpc) is 2.48. The number of aryl methyl sites for hydroxylation is 1. The highest BCUT2D eigenvalue weighted by Crippen LogP contribution is 2.19. The topological polar surface area (TPSA) is 37.4 Å². The van der Waals surface area contributed by atoms with Gasteiger partial charge in [-0.3, -0.25) is 0 Å². The zero-order valence-electron chi connectivity index (χ0n) is 13.7. The van der Waals surface area contributed by atoms with E-state index in [9.17, 15) is 0 Å². The molecule has 4 nitrogen and oxygen atoms in total.